The molecule has 2 nitrogen and oxygen atoms in total. The zero-order valence-electron chi connectivity index (χ0n) is 8.82. The third-order valence-electron chi connectivity index (χ3n) is 2.67. The molecule has 13 heavy (non-hydrogen) atoms. The largest absolute Gasteiger partial charge is 0.377 e. The van der Waals surface area contributed by atoms with Crippen molar-refractivity contribution < 1.29 is 4.74 Å². The molecule has 2 N–H and O–H groups in total. The summed E-state index contributed by atoms with van der Waals surface area (Å²) in [5.74, 6) is 1.65. The van der Waals surface area contributed by atoms with Crippen LogP contribution in [0.25, 0.3) is 0 Å². The Morgan fingerprint density at radius 3 is 2.69 bits per heavy atom. The molecule has 1 fully saturated rings. The van der Waals surface area contributed by atoms with Crippen LogP contribution in [0.2, 0.25) is 0 Å². The third-order valence-corrected chi connectivity index (χ3v) is 4.29. The van der Waals surface area contributed by atoms with E-state index in [4.69, 9.17) is 10.5 Å². The standard InChI is InChI=1S/C10H21NOS/c1-7(2)9(11)6-13-10-4-5-12-8(10)3/h7-10H,4-6,11H2,1-3H3. The Morgan fingerprint density at radius 1 is 1.54 bits per heavy atom. The molecule has 0 amide bonds. The Bertz CT molecular complexity index is 152. The highest BCUT2D eigenvalue weighted by Crippen LogP contribution is 2.27. The molecule has 1 saturated heterocycles. The Morgan fingerprint density at radius 2 is 2.23 bits per heavy atom. The Balaban J connectivity index is 2.18. The number of ether oxygens (including phenoxy) is 1. The van der Waals surface area contributed by atoms with Crippen molar-refractivity contribution in [2.45, 2.75) is 44.6 Å². The molecule has 1 heterocycles. The van der Waals surface area contributed by atoms with Gasteiger partial charge < -0.3 is 10.5 Å². The van der Waals surface area contributed by atoms with Crippen molar-refractivity contribution in [2.24, 2.45) is 11.7 Å². The molecule has 0 aliphatic carbocycles. The summed E-state index contributed by atoms with van der Waals surface area (Å²) in [5, 5.41) is 0.671. The molecule has 3 unspecified atom stereocenters. The van der Waals surface area contributed by atoms with Crippen LogP contribution in [-0.2, 0) is 4.74 Å². The van der Waals surface area contributed by atoms with Gasteiger partial charge in [-0.15, -0.1) is 0 Å². The summed E-state index contributed by atoms with van der Waals surface area (Å²) in [6.45, 7) is 7.45. The van der Waals surface area contributed by atoms with E-state index in [2.05, 4.69) is 20.8 Å². The van der Waals surface area contributed by atoms with E-state index in [1.165, 1.54) is 6.42 Å². The van der Waals surface area contributed by atoms with Crippen molar-refractivity contribution in [3.8, 4) is 0 Å². The van der Waals surface area contributed by atoms with Crippen LogP contribution in [0, 0.1) is 5.92 Å². The number of hydrogen-bond donors (Lipinski definition) is 1. The predicted octanol–water partition coefficient (Wildman–Crippen LogP) is 1.88. The van der Waals surface area contributed by atoms with Crippen LogP contribution >= 0.6 is 11.8 Å². The molecule has 3 heteroatoms. The van der Waals surface area contributed by atoms with Crippen molar-refractivity contribution >= 4 is 11.8 Å². The van der Waals surface area contributed by atoms with Gasteiger partial charge in [0.2, 0.25) is 0 Å². The van der Waals surface area contributed by atoms with Crippen molar-refractivity contribution in [3.05, 3.63) is 0 Å². The van der Waals surface area contributed by atoms with Crippen LogP contribution in [0.5, 0.6) is 0 Å². The van der Waals surface area contributed by atoms with E-state index in [0.717, 1.165) is 12.4 Å². The van der Waals surface area contributed by atoms with Gasteiger partial charge in [0.1, 0.15) is 0 Å². The number of rotatable bonds is 4. The molecule has 0 spiro atoms. The monoisotopic (exact) mass is 203 g/mol. The lowest BCUT2D eigenvalue weighted by atomic mass is 10.1. The number of thioether (sulfide) groups is 1. The first kappa shape index (κ1) is 11.3. The SMILES string of the molecule is CC(C)C(N)CSC1CCOC1C. The van der Waals surface area contributed by atoms with Gasteiger partial charge in [0.15, 0.2) is 0 Å². The van der Waals surface area contributed by atoms with E-state index in [0.29, 0.717) is 23.3 Å². The van der Waals surface area contributed by atoms with Gasteiger partial charge in [-0.1, -0.05) is 13.8 Å². The molecule has 3 atom stereocenters. The quantitative estimate of drug-likeness (QED) is 0.757. The molecular weight excluding hydrogens is 182 g/mol. The minimum Gasteiger partial charge on any atom is -0.377 e. The van der Waals surface area contributed by atoms with Crippen LogP contribution < -0.4 is 5.73 Å². The zero-order valence-corrected chi connectivity index (χ0v) is 9.64. The fourth-order valence-electron chi connectivity index (χ4n) is 1.36. The van der Waals surface area contributed by atoms with Crippen molar-refractivity contribution in [1.82, 2.24) is 0 Å². The van der Waals surface area contributed by atoms with Crippen LogP contribution in [0.4, 0.5) is 0 Å². The first-order valence-electron chi connectivity index (χ1n) is 5.10. The second-order valence-electron chi connectivity index (χ2n) is 4.14. The maximum atomic E-state index is 5.98. The smallest absolute Gasteiger partial charge is 0.0666 e. The maximum Gasteiger partial charge on any atom is 0.0666 e. The average Bonchev–Trinajstić information content (AvgIpc) is 2.47. The van der Waals surface area contributed by atoms with Gasteiger partial charge in [0.05, 0.1) is 6.10 Å². The Kier molecular flexibility index (Phi) is 4.56. The van der Waals surface area contributed by atoms with Gasteiger partial charge in [-0.2, -0.15) is 11.8 Å². The fraction of sp³-hybridized carbons (Fsp3) is 1.00. The third kappa shape index (κ3) is 3.49. The van der Waals surface area contributed by atoms with Crippen LogP contribution in [0.3, 0.4) is 0 Å². The first-order valence-corrected chi connectivity index (χ1v) is 6.15. The number of nitrogens with two attached hydrogens (primary N) is 1. The second-order valence-corrected chi connectivity index (χ2v) is 5.42. The predicted molar refractivity (Wildman–Crippen MR) is 59.1 cm³/mol. The van der Waals surface area contributed by atoms with Crippen LogP contribution in [-0.4, -0.2) is 29.8 Å². The lowest BCUT2D eigenvalue weighted by Crippen LogP contribution is -2.30. The first-order chi connectivity index (χ1) is 6.11. The molecule has 0 aromatic heterocycles. The highest BCUT2D eigenvalue weighted by molar-refractivity contribution is 8.00. The lowest BCUT2D eigenvalue weighted by Gasteiger charge is -2.19. The molecule has 0 aromatic carbocycles. The fourth-order valence-corrected chi connectivity index (χ4v) is 2.82. The van der Waals surface area contributed by atoms with Crippen molar-refractivity contribution in [2.75, 3.05) is 12.4 Å². The Hall–Kier alpha value is 0.270. The van der Waals surface area contributed by atoms with Gasteiger partial charge >= 0.3 is 0 Å². The van der Waals surface area contributed by atoms with Gasteiger partial charge in [-0.25, -0.2) is 0 Å². The highest BCUT2D eigenvalue weighted by atomic mass is 32.2. The van der Waals surface area contributed by atoms with Gasteiger partial charge in [0.25, 0.3) is 0 Å². The summed E-state index contributed by atoms with van der Waals surface area (Å²) in [7, 11) is 0. The van der Waals surface area contributed by atoms with E-state index < -0.39 is 0 Å². The van der Waals surface area contributed by atoms with E-state index >= 15 is 0 Å². The van der Waals surface area contributed by atoms with E-state index in [1.54, 1.807) is 0 Å². The molecule has 0 saturated carbocycles. The zero-order chi connectivity index (χ0) is 9.84. The molecular formula is C10H21NOS. The Labute approximate surface area is 85.6 Å². The van der Waals surface area contributed by atoms with E-state index in [9.17, 15) is 0 Å². The van der Waals surface area contributed by atoms with Crippen molar-refractivity contribution in [1.29, 1.82) is 0 Å². The highest BCUT2D eigenvalue weighted by Gasteiger charge is 2.25. The van der Waals surface area contributed by atoms with Gasteiger partial charge in [-0.3, -0.25) is 0 Å². The summed E-state index contributed by atoms with van der Waals surface area (Å²) in [5.41, 5.74) is 5.98. The summed E-state index contributed by atoms with van der Waals surface area (Å²) in [6.07, 6.45) is 1.61. The summed E-state index contributed by atoms with van der Waals surface area (Å²) in [4.78, 5) is 0. The minimum atomic E-state index is 0.331. The minimum absolute atomic E-state index is 0.331. The molecule has 0 bridgehead atoms. The maximum absolute atomic E-state index is 5.98. The second kappa shape index (κ2) is 5.23. The molecule has 1 aliphatic heterocycles. The number of hydrogen-bond acceptors (Lipinski definition) is 3. The average molecular weight is 203 g/mol. The lowest BCUT2D eigenvalue weighted by molar-refractivity contribution is 0.127. The van der Waals surface area contributed by atoms with E-state index in [1.807, 2.05) is 11.8 Å². The normalized spacial score (nSPS) is 31.2. The summed E-state index contributed by atoms with van der Waals surface area (Å²) in [6, 6.07) is 0.331. The van der Waals surface area contributed by atoms with Crippen molar-refractivity contribution in [3.63, 3.8) is 0 Å². The van der Waals surface area contributed by atoms with Crippen LogP contribution in [0.1, 0.15) is 27.2 Å². The summed E-state index contributed by atoms with van der Waals surface area (Å²) >= 11 is 1.98. The molecule has 0 aromatic rings. The summed E-state index contributed by atoms with van der Waals surface area (Å²) < 4.78 is 5.50. The molecule has 0 radical (unpaired) electrons. The molecule has 1 rings (SSSR count). The van der Waals surface area contributed by atoms with Gasteiger partial charge in [-0.05, 0) is 19.3 Å². The molecule has 78 valence electrons. The van der Waals surface area contributed by atoms with Gasteiger partial charge in [0, 0.05) is 23.7 Å². The molecule has 1 aliphatic rings. The van der Waals surface area contributed by atoms with Crippen LogP contribution in [0.15, 0.2) is 0 Å². The topological polar surface area (TPSA) is 35.2 Å². The van der Waals surface area contributed by atoms with E-state index in [-0.39, 0.29) is 0 Å².